The van der Waals surface area contributed by atoms with E-state index in [1.807, 2.05) is 117 Å². The molecule has 4 aromatic carbocycles. The van der Waals surface area contributed by atoms with Gasteiger partial charge in [0.15, 0.2) is 13.9 Å². The molecule has 1 unspecified atom stereocenters. The van der Waals surface area contributed by atoms with Crippen LogP contribution in [0, 0.1) is 5.92 Å². The number of benzene rings is 4. The van der Waals surface area contributed by atoms with Gasteiger partial charge in [-0.15, -0.1) is 5.10 Å². The molecule has 0 saturated carbocycles. The van der Waals surface area contributed by atoms with Crippen LogP contribution in [0.15, 0.2) is 113 Å². The molecule has 1 amide bonds. The largest absolute Gasteiger partial charge is 0.432 e. The Bertz CT molecular complexity index is 2370. The van der Waals surface area contributed by atoms with Gasteiger partial charge in [-0.3, -0.25) is 19.4 Å². The number of aromatic nitrogens is 5. The van der Waals surface area contributed by atoms with Gasteiger partial charge in [-0.25, -0.2) is 4.68 Å². The molecule has 8 rings (SSSR count). The lowest BCUT2D eigenvalue weighted by Gasteiger charge is -2.32. The zero-order valence-corrected chi connectivity index (χ0v) is 32.3. The van der Waals surface area contributed by atoms with Crippen LogP contribution >= 0.6 is 15.9 Å². The number of aryl methyl sites for hydroxylation is 1. The van der Waals surface area contributed by atoms with E-state index in [-0.39, 0.29) is 42.0 Å². The number of para-hydroxylation sites is 1. The van der Waals surface area contributed by atoms with Crippen molar-refractivity contribution in [3.8, 4) is 5.69 Å². The molecule has 1 fully saturated rings. The number of nitrogens with zero attached hydrogens (tertiary/aromatic N) is 5. The molecule has 0 aliphatic carbocycles. The number of aliphatic hydroxyl groups excluding tert-OH is 1. The number of hydrogen-bond donors (Lipinski definition) is 3. The van der Waals surface area contributed by atoms with Crippen LogP contribution < -0.4 is 10.5 Å². The summed E-state index contributed by atoms with van der Waals surface area (Å²) in [6.07, 6.45) is 1.93. The molecular weight excluding hydrogens is 752 g/mol. The quantitative estimate of drug-likeness (QED) is 0.140. The minimum atomic E-state index is -2.89. The number of halogens is 1. The Hall–Kier alpha value is -4.66. The van der Waals surface area contributed by atoms with Crippen molar-refractivity contribution in [2.45, 2.75) is 62.7 Å². The average molecular weight is 794 g/mol. The van der Waals surface area contributed by atoms with E-state index in [9.17, 15) is 19.5 Å². The van der Waals surface area contributed by atoms with Crippen molar-refractivity contribution >= 4 is 46.7 Å². The van der Waals surface area contributed by atoms with E-state index in [1.54, 1.807) is 15.6 Å². The summed E-state index contributed by atoms with van der Waals surface area (Å²) in [5, 5.41) is 22.8. The predicted molar refractivity (Wildman–Crippen MR) is 208 cm³/mol. The van der Waals surface area contributed by atoms with Crippen molar-refractivity contribution in [1.82, 2.24) is 24.8 Å². The highest BCUT2D eigenvalue weighted by atomic mass is 79.9. The Morgan fingerprint density at radius 2 is 1.77 bits per heavy atom. The Labute approximate surface area is 316 Å². The first kappa shape index (κ1) is 35.4. The summed E-state index contributed by atoms with van der Waals surface area (Å²) < 4.78 is 11.2. The third-order valence-corrected chi connectivity index (χ3v) is 14.0. The number of nitrogens with one attached hydrogen (secondary N) is 1. The molecule has 2 aromatic heterocycles. The van der Waals surface area contributed by atoms with Gasteiger partial charge < -0.3 is 19.5 Å². The molecule has 4 heterocycles. The van der Waals surface area contributed by atoms with Gasteiger partial charge in [0.05, 0.1) is 53.1 Å². The molecule has 11 nitrogen and oxygen atoms in total. The lowest BCUT2D eigenvalue weighted by Crippen LogP contribution is -2.46. The summed E-state index contributed by atoms with van der Waals surface area (Å²) in [5.41, 5.74) is 3.71. The van der Waals surface area contributed by atoms with E-state index in [1.165, 1.54) is 4.68 Å². The maximum atomic E-state index is 15.0. The van der Waals surface area contributed by atoms with E-state index < -0.39 is 20.0 Å². The van der Waals surface area contributed by atoms with Crippen LogP contribution in [-0.2, 0) is 28.2 Å². The Balaban J connectivity index is 1.09. The van der Waals surface area contributed by atoms with Crippen LogP contribution in [0.3, 0.4) is 0 Å². The molecule has 53 heavy (non-hydrogen) atoms. The van der Waals surface area contributed by atoms with Crippen LogP contribution in [0.25, 0.3) is 16.6 Å². The number of H-pyrrole nitrogens is 1. The SMILES string of the molecule is C[C@@H]1[C@@H]([Si](C)(C)O)[C@H](CCn2cc(C(CO)c3ccccc3)nn2)O[C@@]12C(=O)N(Cc1cccc(-n3[nH]c4ccccc4c3=O)c1)c1ccc(Br)cc12. The van der Waals surface area contributed by atoms with Gasteiger partial charge in [0.1, 0.15) is 0 Å². The maximum absolute atomic E-state index is 15.0. The van der Waals surface area contributed by atoms with Crippen molar-refractivity contribution in [1.29, 1.82) is 0 Å². The highest BCUT2D eigenvalue weighted by Crippen LogP contribution is 2.60. The molecule has 6 aromatic rings. The zero-order valence-electron chi connectivity index (χ0n) is 29.7. The van der Waals surface area contributed by atoms with E-state index in [4.69, 9.17) is 4.74 Å². The lowest BCUT2D eigenvalue weighted by atomic mass is 9.82. The average Bonchev–Trinajstić information content (AvgIpc) is 3.88. The number of fused-ring (bicyclic) bond motifs is 3. The summed E-state index contributed by atoms with van der Waals surface area (Å²) in [6.45, 7) is 6.49. The van der Waals surface area contributed by atoms with Crippen molar-refractivity contribution < 1.29 is 19.4 Å². The van der Waals surface area contributed by atoms with Crippen molar-refractivity contribution in [2.75, 3.05) is 11.5 Å². The molecule has 3 N–H and O–H groups in total. The molecule has 2 aliphatic rings. The Kier molecular flexibility index (Phi) is 9.10. The fourth-order valence-electron chi connectivity index (χ4n) is 8.59. The molecule has 272 valence electrons. The molecule has 1 spiro atoms. The van der Waals surface area contributed by atoms with Crippen LogP contribution in [0.1, 0.15) is 41.6 Å². The van der Waals surface area contributed by atoms with Crippen LogP contribution in [0.2, 0.25) is 18.6 Å². The molecule has 2 aliphatic heterocycles. The number of carbonyl (C=O) groups is 1. The van der Waals surface area contributed by atoms with E-state index in [0.717, 1.165) is 32.4 Å². The van der Waals surface area contributed by atoms with Crippen LogP contribution in [0.4, 0.5) is 5.69 Å². The van der Waals surface area contributed by atoms with Gasteiger partial charge >= 0.3 is 0 Å². The number of ether oxygens (including phenoxy) is 1. The predicted octanol–water partition coefficient (Wildman–Crippen LogP) is 6.23. The Morgan fingerprint density at radius 3 is 2.53 bits per heavy atom. The highest BCUT2D eigenvalue weighted by molar-refractivity contribution is 9.10. The Morgan fingerprint density at radius 1 is 1.00 bits per heavy atom. The van der Waals surface area contributed by atoms with Gasteiger partial charge in [0, 0.05) is 34.2 Å². The molecule has 13 heteroatoms. The first-order valence-corrected chi connectivity index (χ1v) is 21.7. The van der Waals surface area contributed by atoms with Gasteiger partial charge in [0.25, 0.3) is 11.5 Å². The topological polar surface area (TPSA) is 138 Å². The van der Waals surface area contributed by atoms with Gasteiger partial charge in [0.2, 0.25) is 0 Å². The number of anilines is 1. The summed E-state index contributed by atoms with van der Waals surface area (Å²) in [7, 11) is -2.89. The van der Waals surface area contributed by atoms with Gasteiger partial charge in [-0.2, -0.15) is 0 Å². The number of hydrogen-bond acceptors (Lipinski definition) is 7. The van der Waals surface area contributed by atoms with Gasteiger partial charge in [-0.1, -0.05) is 82.7 Å². The minimum absolute atomic E-state index is 0.0970. The summed E-state index contributed by atoms with van der Waals surface area (Å²) >= 11 is 3.65. The number of aromatic amines is 1. The van der Waals surface area contributed by atoms with E-state index in [2.05, 4.69) is 31.3 Å². The normalized spacial score (nSPS) is 21.9. The fourth-order valence-corrected chi connectivity index (χ4v) is 11.6. The summed E-state index contributed by atoms with van der Waals surface area (Å²) in [5.74, 6) is -0.800. The second-order valence-corrected chi connectivity index (χ2v) is 19.6. The monoisotopic (exact) mass is 792 g/mol. The second kappa shape index (κ2) is 13.6. The maximum Gasteiger partial charge on any atom is 0.279 e. The second-order valence-electron chi connectivity index (χ2n) is 14.7. The molecular formula is C40H41BrN6O5Si. The highest BCUT2D eigenvalue weighted by Gasteiger charge is 2.66. The third-order valence-electron chi connectivity index (χ3n) is 11.0. The summed E-state index contributed by atoms with van der Waals surface area (Å²) in [4.78, 5) is 41.8. The van der Waals surface area contributed by atoms with Crippen molar-refractivity contribution in [3.63, 3.8) is 0 Å². The zero-order chi connectivity index (χ0) is 37.1. The molecule has 0 radical (unpaired) electrons. The fraction of sp³-hybridized carbons (Fsp3) is 0.300. The van der Waals surface area contributed by atoms with Crippen molar-refractivity contribution in [2.24, 2.45) is 5.92 Å². The van der Waals surface area contributed by atoms with E-state index >= 15 is 0 Å². The lowest BCUT2D eigenvalue weighted by molar-refractivity contribution is -0.146. The molecule has 5 atom stereocenters. The number of amides is 1. The first-order chi connectivity index (χ1) is 25.5. The smallest absolute Gasteiger partial charge is 0.279 e. The minimum Gasteiger partial charge on any atom is -0.432 e. The third kappa shape index (κ3) is 6.10. The first-order valence-electron chi connectivity index (χ1n) is 17.9. The van der Waals surface area contributed by atoms with Crippen molar-refractivity contribution in [3.05, 3.63) is 140 Å². The molecule has 1 saturated heterocycles. The number of aliphatic hydroxyl groups is 1. The number of carbonyl (C=O) groups excluding carboxylic acids is 1. The molecule has 0 bridgehead atoms. The summed E-state index contributed by atoms with van der Waals surface area (Å²) in [6, 6.07) is 30.6. The standard InChI is InChI=1S/C40H41BrN6O5Si/c1-25-37(53(2,3)51)36(18-19-45-23-34(42-44-45)31(24-48)27-11-5-4-6-12-27)52-40(25)32-21-28(41)16-17-35(32)46(39(40)50)22-26-10-9-13-29(20-26)47-38(49)30-14-7-8-15-33(30)43-47/h4-17,20-21,23,25,31,36-37,43,48,51H,18-19,22,24H2,1-3H3/t25-,31?,36+,37-,40+/m1/s1. The number of rotatable bonds is 10. The van der Waals surface area contributed by atoms with E-state index in [0.29, 0.717) is 29.7 Å². The van der Waals surface area contributed by atoms with Crippen LogP contribution in [-0.4, -0.2) is 61.6 Å². The van der Waals surface area contributed by atoms with Crippen LogP contribution in [0.5, 0.6) is 0 Å². The van der Waals surface area contributed by atoms with Gasteiger partial charge in [-0.05, 0) is 73.1 Å².